The summed E-state index contributed by atoms with van der Waals surface area (Å²) in [5, 5.41) is 1.40. The SMILES string of the molecule is [C-]#[N+]C[C@H]1CN(c2nc(OC[C@@H]3CCCN3C)nc3c(F)c(-c4cccc5cc(Cl)sc45)ccc23)CCN1C(=O)C(=C)F. The Hall–Kier alpha value is -3.85. The minimum absolute atomic E-state index is 0.0260. The molecule has 4 aromatic rings. The fraction of sp³-hybridized carbons (Fsp3) is 0.355. The summed E-state index contributed by atoms with van der Waals surface area (Å²) >= 11 is 7.68. The van der Waals surface area contributed by atoms with Crippen LogP contribution >= 0.6 is 22.9 Å². The molecule has 0 N–H and O–H groups in total. The van der Waals surface area contributed by atoms with E-state index in [4.69, 9.17) is 27.9 Å². The lowest BCUT2D eigenvalue weighted by Crippen LogP contribution is -2.56. The summed E-state index contributed by atoms with van der Waals surface area (Å²) in [5.41, 5.74) is 1.19. The Balaban J connectivity index is 1.43. The minimum Gasteiger partial charge on any atom is -0.462 e. The molecule has 2 aliphatic rings. The zero-order valence-electron chi connectivity index (χ0n) is 23.5. The summed E-state index contributed by atoms with van der Waals surface area (Å²) in [4.78, 5) is 30.7. The molecule has 4 heterocycles. The number of piperazine rings is 1. The van der Waals surface area contributed by atoms with Crippen molar-refractivity contribution in [1.82, 2.24) is 19.8 Å². The number of anilines is 1. The molecule has 0 radical (unpaired) electrons. The molecule has 0 saturated carbocycles. The van der Waals surface area contributed by atoms with Crippen molar-refractivity contribution in [2.24, 2.45) is 0 Å². The highest BCUT2D eigenvalue weighted by molar-refractivity contribution is 7.23. The summed E-state index contributed by atoms with van der Waals surface area (Å²) in [6.07, 6.45) is 2.05. The number of carbonyl (C=O) groups is 1. The maximum atomic E-state index is 16.5. The van der Waals surface area contributed by atoms with Gasteiger partial charge in [-0.25, -0.2) is 15.4 Å². The van der Waals surface area contributed by atoms with Crippen LogP contribution in [-0.2, 0) is 4.79 Å². The van der Waals surface area contributed by atoms with E-state index >= 15 is 4.39 Å². The van der Waals surface area contributed by atoms with Gasteiger partial charge in [-0.15, -0.1) is 11.3 Å². The normalized spacial score (nSPS) is 19.2. The van der Waals surface area contributed by atoms with E-state index in [0.29, 0.717) is 39.8 Å². The summed E-state index contributed by atoms with van der Waals surface area (Å²) in [7, 11) is 2.04. The van der Waals surface area contributed by atoms with Crippen LogP contribution in [-0.4, -0.2) is 84.1 Å². The average Bonchev–Trinajstić information content (AvgIpc) is 3.59. The van der Waals surface area contributed by atoms with Gasteiger partial charge in [-0.05, 0) is 44.0 Å². The Morgan fingerprint density at radius 1 is 1.21 bits per heavy atom. The number of aromatic nitrogens is 2. The lowest BCUT2D eigenvalue weighted by atomic mass is 10.0. The first-order chi connectivity index (χ1) is 20.7. The van der Waals surface area contributed by atoms with Gasteiger partial charge in [-0.1, -0.05) is 42.4 Å². The van der Waals surface area contributed by atoms with Gasteiger partial charge in [-0.2, -0.15) is 9.97 Å². The Bertz CT molecular complexity index is 1770. The van der Waals surface area contributed by atoms with Gasteiger partial charge < -0.3 is 24.3 Å². The van der Waals surface area contributed by atoms with E-state index in [9.17, 15) is 9.18 Å². The number of likely N-dealkylation sites (tertiary alicyclic amines) is 1. The fourth-order valence-corrected chi connectivity index (χ4v) is 7.24. The van der Waals surface area contributed by atoms with E-state index in [1.165, 1.54) is 16.2 Å². The summed E-state index contributed by atoms with van der Waals surface area (Å²) < 4.78 is 37.9. The Morgan fingerprint density at radius 3 is 2.79 bits per heavy atom. The topological polar surface area (TPSA) is 66.2 Å². The summed E-state index contributed by atoms with van der Waals surface area (Å²) in [6.45, 7) is 12.5. The maximum Gasteiger partial charge on any atom is 0.319 e. The first-order valence-electron chi connectivity index (χ1n) is 14.0. The molecule has 2 saturated heterocycles. The molecule has 2 aromatic carbocycles. The number of likely N-dealkylation sites (N-methyl/N-ethyl adjacent to an activating group) is 1. The van der Waals surface area contributed by atoms with Gasteiger partial charge in [0.1, 0.15) is 24.0 Å². The number of carbonyl (C=O) groups excluding carboxylic acids is 1. The molecule has 0 aliphatic carbocycles. The predicted molar refractivity (Wildman–Crippen MR) is 166 cm³/mol. The predicted octanol–water partition coefficient (Wildman–Crippen LogP) is 6.20. The highest BCUT2D eigenvalue weighted by Gasteiger charge is 2.35. The van der Waals surface area contributed by atoms with Gasteiger partial charge in [0.25, 0.3) is 5.91 Å². The van der Waals surface area contributed by atoms with Gasteiger partial charge in [-0.3, -0.25) is 4.79 Å². The summed E-state index contributed by atoms with van der Waals surface area (Å²) in [5.74, 6) is -1.98. The Kier molecular flexibility index (Phi) is 8.18. The monoisotopic (exact) mass is 622 g/mol. The van der Waals surface area contributed by atoms with Crippen molar-refractivity contribution in [3.8, 4) is 17.1 Å². The fourth-order valence-electron chi connectivity index (χ4n) is 5.98. The highest BCUT2D eigenvalue weighted by atomic mass is 35.5. The van der Waals surface area contributed by atoms with Crippen molar-refractivity contribution in [1.29, 1.82) is 0 Å². The standard InChI is InChI=1S/C31H29ClF2N6O2S/c1-18(33)30(41)40-13-12-39(16-21(40)15-35-2)29-24-10-9-22(23-8-4-6-19-14-25(32)43-28(19)23)26(34)27(24)36-31(37-29)42-17-20-7-5-11-38(20)3/h4,6,8-10,14,20-21H,1,5,7,11-13,15-17H2,3H3/t20-,21-/m0/s1. The molecule has 2 aromatic heterocycles. The number of thiophene rings is 1. The number of halogens is 3. The lowest BCUT2D eigenvalue weighted by molar-refractivity contribution is -0.131. The van der Waals surface area contributed by atoms with Crippen LogP contribution in [0, 0.1) is 12.4 Å². The molecular weight excluding hydrogens is 594 g/mol. The van der Waals surface area contributed by atoms with E-state index in [1.54, 1.807) is 12.1 Å². The van der Waals surface area contributed by atoms with Crippen LogP contribution in [0.5, 0.6) is 6.01 Å². The first kappa shape index (κ1) is 29.2. The zero-order chi connectivity index (χ0) is 30.2. The molecule has 0 bridgehead atoms. The van der Waals surface area contributed by atoms with Crippen LogP contribution in [0.2, 0.25) is 4.34 Å². The molecule has 2 fully saturated rings. The second-order valence-electron chi connectivity index (χ2n) is 10.9. The summed E-state index contributed by atoms with van der Waals surface area (Å²) in [6, 6.07) is 10.7. The molecule has 6 rings (SSSR count). The van der Waals surface area contributed by atoms with Crippen LogP contribution in [0.25, 0.3) is 37.0 Å². The Labute approximate surface area is 256 Å². The molecule has 0 spiro atoms. The minimum atomic E-state index is -1.07. The van der Waals surface area contributed by atoms with Crippen LogP contribution in [0.4, 0.5) is 14.6 Å². The maximum absolute atomic E-state index is 16.5. The number of ether oxygens (including phenoxy) is 1. The molecule has 1 amide bonds. The average molecular weight is 623 g/mol. The van der Waals surface area contributed by atoms with Gasteiger partial charge in [0.15, 0.2) is 11.6 Å². The number of benzene rings is 2. The highest BCUT2D eigenvalue weighted by Crippen LogP contribution is 2.40. The van der Waals surface area contributed by atoms with Gasteiger partial charge >= 0.3 is 6.01 Å². The van der Waals surface area contributed by atoms with Crippen molar-refractivity contribution < 1.29 is 18.3 Å². The number of fused-ring (bicyclic) bond motifs is 2. The molecule has 0 unspecified atom stereocenters. The molecule has 12 heteroatoms. The third-order valence-electron chi connectivity index (χ3n) is 8.22. The smallest absolute Gasteiger partial charge is 0.319 e. The van der Waals surface area contributed by atoms with E-state index in [-0.39, 0.29) is 37.2 Å². The van der Waals surface area contributed by atoms with Crippen LogP contribution in [0.3, 0.4) is 0 Å². The Morgan fingerprint density at radius 2 is 2.05 bits per heavy atom. The largest absolute Gasteiger partial charge is 0.462 e. The van der Waals surface area contributed by atoms with E-state index < -0.39 is 23.6 Å². The van der Waals surface area contributed by atoms with Crippen molar-refractivity contribution in [3.63, 3.8) is 0 Å². The third kappa shape index (κ3) is 5.62. The zero-order valence-corrected chi connectivity index (χ0v) is 25.1. The third-order valence-corrected chi connectivity index (χ3v) is 9.54. The van der Waals surface area contributed by atoms with Gasteiger partial charge in [0.05, 0.1) is 4.34 Å². The lowest BCUT2D eigenvalue weighted by Gasteiger charge is -2.39. The molecular formula is C31H29ClF2N6O2S. The van der Waals surface area contributed by atoms with Crippen molar-refractivity contribution >= 4 is 55.7 Å². The second kappa shape index (κ2) is 12.0. The second-order valence-corrected chi connectivity index (χ2v) is 12.5. The van der Waals surface area contributed by atoms with Gasteiger partial charge in [0.2, 0.25) is 6.54 Å². The van der Waals surface area contributed by atoms with Crippen molar-refractivity contribution in [2.45, 2.75) is 24.9 Å². The number of hydrogen-bond donors (Lipinski definition) is 0. The number of nitrogens with zero attached hydrogens (tertiary/aromatic N) is 6. The molecule has 2 atom stereocenters. The van der Waals surface area contributed by atoms with Crippen molar-refractivity contribution in [3.05, 3.63) is 70.4 Å². The van der Waals surface area contributed by atoms with Crippen LogP contribution < -0.4 is 9.64 Å². The first-order valence-corrected chi connectivity index (χ1v) is 15.2. The van der Waals surface area contributed by atoms with E-state index in [0.717, 1.165) is 29.5 Å². The van der Waals surface area contributed by atoms with E-state index in [1.807, 2.05) is 36.2 Å². The molecule has 43 heavy (non-hydrogen) atoms. The molecule has 8 nitrogen and oxygen atoms in total. The molecule has 2 aliphatic heterocycles. The molecule has 222 valence electrons. The van der Waals surface area contributed by atoms with Crippen molar-refractivity contribution in [2.75, 3.05) is 51.3 Å². The van der Waals surface area contributed by atoms with Gasteiger partial charge in [0, 0.05) is 46.9 Å². The number of rotatable bonds is 7. The number of amides is 1. The van der Waals surface area contributed by atoms with E-state index in [2.05, 4.69) is 21.3 Å². The van der Waals surface area contributed by atoms with Crippen LogP contribution in [0.15, 0.2) is 48.8 Å². The van der Waals surface area contributed by atoms with Crippen LogP contribution in [0.1, 0.15) is 12.8 Å². The quantitative estimate of drug-likeness (QED) is 0.181. The number of hydrogen-bond acceptors (Lipinski definition) is 7.